The maximum atomic E-state index is 13.1. The summed E-state index contributed by atoms with van der Waals surface area (Å²) in [4.78, 5) is 0. The van der Waals surface area contributed by atoms with Crippen molar-refractivity contribution in [2.24, 2.45) is 9.81 Å². The van der Waals surface area contributed by atoms with E-state index in [-0.39, 0.29) is 25.7 Å². The van der Waals surface area contributed by atoms with Crippen molar-refractivity contribution in [2.45, 2.75) is 63.8 Å². The van der Waals surface area contributed by atoms with E-state index in [4.69, 9.17) is 5.26 Å². The third-order valence-electron chi connectivity index (χ3n) is 3.54. The van der Waals surface area contributed by atoms with E-state index in [1.54, 1.807) is 26.8 Å². The molecule has 0 N–H and O–H groups in total. The minimum absolute atomic E-state index is 0.149. The van der Waals surface area contributed by atoms with Gasteiger partial charge in [-0.2, -0.15) is 18.4 Å². The van der Waals surface area contributed by atoms with Gasteiger partial charge >= 0.3 is 6.18 Å². The maximum absolute atomic E-state index is 13.1. The number of nitrogens with zero attached hydrogens (tertiary/aromatic N) is 2. The lowest BCUT2D eigenvalue weighted by molar-refractivity contribution is -0.228. The summed E-state index contributed by atoms with van der Waals surface area (Å²) in [5.74, 6) is 0. The highest BCUT2D eigenvalue weighted by molar-refractivity contribution is 7.91. The molecule has 3 nitrogen and oxygen atoms in total. The Hall–Kier alpha value is -0.740. The van der Waals surface area contributed by atoms with Crippen LogP contribution >= 0.6 is 0 Å². The Balaban J connectivity index is 2.81. The van der Waals surface area contributed by atoms with Crippen molar-refractivity contribution >= 4 is 17.1 Å². The molecule has 1 atom stereocenters. The van der Waals surface area contributed by atoms with E-state index in [0.29, 0.717) is 5.71 Å². The fraction of sp³-hybridized carbons (Fsp3) is 0.846. The number of halogens is 3. The zero-order valence-electron chi connectivity index (χ0n) is 11.9. The molecule has 0 aromatic heterocycles. The lowest BCUT2D eigenvalue weighted by Crippen LogP contribution is -2.41. The Morgan fingerprint density at radius 2 is 1.80 bits per heavy atom. The van der Waals surface area contributed by atoms with Crippen LogP contribution in [0.5, 0.6) is 0 Å². The molecule has 1 aliphatic carbocycles. The second kappa shape index (κ2) is 5.94. The van der Waals surface area contributed by atoms with Gasteiger partial charge in [0.15, 0.2) is 0 Å². The molecule has 1 rings (SSSR count). The largest absolute Gasteiger partial charge is 0.591 e. The first-order chi connectivity index (χ1) is 9.02. The van der Waals surface area contributed by atoms with Crippen molar-refractivity contribution in [3.8, 4) is 6.07 Å². The molecule has 0 aliphatic heterocycles. The third-order valence-corrected chi connectivity index (χ3v) is 5.01. The monoisotopic (exact) mass is 308 g/mol. The van der Waals surface area contributed by atoms with Gasteiger partial charge in [-0.05, 0) is 46.5 Å². The molecule has 1 aliphatic rings. The number of nitriles is 1. The van der Waals surface area contributed by atoms with Gasteiger partial charge in [-0.25, -0.2) is 0 Å². The van der Waals surface area contributed by atoms with Crippen molar-refractivity contribution < 1.29 is 17.7 Å². The fourth-order valence-electron chi connectivity index (χ4n) is 2.07. The van der Waals surface area contributed by atoms with Crippen LogP contribution in [0, 0.1) is 16.7 Å². The molecule has 1 unspecified atom stereocenters. The van der Waals surface area contributed by atoms with Crippen LogP contribution in [0.4, 0.5) is 13.2 Å². The van der Waals surface area contributed by atoms with Crippen molar-refractivity contribution in [1.82, 2.24) is 0 Å². The van der Waals surface area contributed by atoms with E-state index in [9.17, 15) is 17.7 Å². The van der Waals surface area contributed by atoms with Crippen LogP contribution in [0.25, 0.3) is 0 Å². The Morgan fingerprint density at radius 3 is 2.15 bits per heavy atom. The van der Waals surface area contributed by atoms with Crippen LogP contribution in [0.2, 0.25) is 0 Å². The fourth-order valence-corrected chi connectivity index (χ4v) is 2.77. The Morgan fingerprint density at radius 1 is 1.30 bits per heavy atom. The van der Waals surface area contributed by atoms with Crippen LogP contribution in [0.1, 0.15) is 52.9 Å². The molecule has 0 radical (unpaired) electrons. The average molecular weight is 308 g/mol. The zero-order valence-corrected chi connectivity index (χ0v) is 12.7. The van der Waals surface area contributed by atoms with E-state index in [2.05, 4.69) is 4.40 Å². The molecule has 0 amide bonds. The second-order valence-electron chi connectivity index (χ2n) is 6.13. The van der Waals surface area contributed by atoms with Gasteiger partial charge in [-0.1, -0.05) is 4.40 Å². The molecule has 0 aromatic rings. The summed E-state index contributed by atoms with van der Waals surface area (Å²) >= 11 is -1.44. The van der Waals surface area contributed by atoms with Crippen molar-refractivity contribution in [3.05, 3.63) is 0 Å². The molecule has 7 heteroatoms. The quantitative estimate of drug-likeness (QED) is 0.726. The molecule has 1 fully saturated rings. The maximum Gasteiger partial charge on any atom is 0.395 e. The summed E-state index contributed by atoms with van der Waals surface area (Å²) in [6, 6.07) is 1.64. The minimum Gasteiger partial charge on any atom is -0.591 e. The van der Waals surface area contributed by atoms with Crippen molar-refractivity contribution in [1.29, 1.82) is 5.26 Å². The van der Waals surface area contributed by atoms with Gasteiger partial charge in [0, 0.05) is 6.42 Å². The van der Waals surface area contributed by atoms with Crippen LogP contribution < -0.4 is 0 Å². The first kappa shape index (κ1) is 17.3. The molecule has 0 bridgehead atoms. The molecule has 20 heavy (non-hydrogen) atoms. The molecule has 0 aromatic carbocycles. The first-order valence-corrected chi connectivity index (χ1v) is 7.55. The van der Waals surface area contributed by atoms with E-state index in [0.717, 1.165) is 0 Å². The SMILES string of the molecule is CC(C)(C)[S+]([O-])N=C1CCC(CC#N)(C(F)(F)F)CC1. The molecule has 0 saturated heterocycles. The van der Waals surface area contributed by atoms with Crippen molar-refractivity contribution in [2.75, 3.05) is 0 Å². The van der Waals surface area contributed by atoms with Crippen LogP contribution in [0.15, 0.2) is 4.40 Å². The lowest BCUT2D eigenvalue weighted by atomic mass is 9.71. The lowest BCUT2D eigenvalue weighted by Gasteiger charge is -2.37. The highest BCUT2D eigenvalue weighted by Crippen LogP contribution is 2.50. The molecule has 114 valence electrons. The van der Waals surface area contributed by atoms with Crippen LogP contribution in [0.3, 0.4) is 0 Å². The topological polar surface area (TPSA) is 59.2 Å². The number of hydrogen-bond acceptors (Lipinski definition) is 3. The molecule has 1 saturated carbocycles. The minimum atomic E-state index is -4.38. The van der Waals surface area contributed by atoms with Gasteiger partial charge in [-0.15, -0.1) is 0 Å². The summed E-state index contributed by atoms with van der Waals surface area (Å²) in [6.45, 7) is 5.31. The summed E-state index contributed by atoms with van der Waals surface area (Å²) < 4.78 is 54.7. The third kappa shape index (κ3) is 3.89. The summed E-state index contributed by atoms with van der Waals surface area (Å²) in [5.41, 5.74) is -1.36. The van der Waals surface area contributed by atoms with Crippen LogP contribution in [-0.4, -0.2) is 21.2 Å². The second-order valence-corrected chi connectivity index (χ2v) is 8.04. The molecule has 0 spiro atoms. The van der Waals surface area contributed by atoms with Gasteiger partial charge in [0.05, 0.1) is 17.2 Å². The Labute approximate surface area is 120 Å². The molecule has 0 heterocycles. The standard InChI is InChI=1S/C13H19F3N2OS/c1-11(2,3)20(19)18-10-4-6-12(7-5-10,8-9-17)13(14,15)16/h4-8H2,1-3H3. The highest BCUT2D eigenvalue weighted by atomic mass is 32.2. The number of alkyl halides is 3. The normalized spacial score (nSPS) is 26.0. The predicted octanol–water partition coefficient (Wildman–Crippen LogP) is 3.93. The van der Waals surface area contributed by atoms with Gasteiger partial charge in [0.25, 0.3) is 0 Å². The van der Waals surface area contributed by atoms with E-state index in [1.807, 2.05) is 0 Å². The van der Waals surface area contributed by atoms with Gasteiger partial charge in [0.1, 0.15) is 16.1 Å². The van der Waals surface area contributed by atoms with Crippen molar-refractivity contribution in [3.63, 3.8) is 0 Å². The molecular formula is C13H19F3N2OS. The highest BCUT2D eigenvalue weighted by Gasteiger charge is 2.55. The average Bonchev–Trinajstić information content (AvgIpc) is 2.29. The van der Waals surface area contributed by atoms with Crippen LogP contribution in [-0.2, 0) is 11.4 Å². The number of rotatable bonds is 2. The summed E-state index contributed by atoms with van der Waals surface area (Å²) in [5, 5.41) is 8.64. The van der Waals surface area contributed by atoms with Gasteiger partial charge in [-0.3, -0.25) is 0 Å². The van der Waals surface area contributed by atoms with Gasteiger partial charge < -0.3 is 4.55 Å². The Kier molecular flexibility index (Phi) is 5.14. The number of hydrogen-bond donors (Lipinski definition) is 0. The summed E-state index contributed by atoms with van der Waals surface area (Å²) in [7, 11) is 0. The van der Waals surface area contributed by atoms with E-state index < -0.39 is 34.1 Å². The first-order valence-electron chi connectivity index (χ1n) is 6.44. The predicted molar refractivity (Wildman–Crippen MR) is 72.5 cm³/mol. The molecular weight excluding hydrogens is 289 g/mol. The van der Waals surface area contributed by atoms with E-state index >= 15 is 0 Å². The van der Waals surface area contributed by atoms with Gasteiger partial charge in [0.2, 0.25) is 0 Å². The zero-order chi connectivity index (χ0) is 15.6. The smallest absolute Gasteiger partial charge is 0.395 e. The summed E-state index contributed by atoms with van der Waals surface area (Å²) in [6.07, 6.45) is -4.88. The Bertz CT molecular complexity index is 411. The van der Waals surface area contributed by atoms with E-state index in [1.165, 1.54) is 0 Å².